The van der Waals surface area contributed by atoms with Gasteiger partial charge in [0.2, 0.25) is 11.8 Å². The fourth-order valence-electron chi connectivity index (χ4n) is 18.1. The Morgan fingerprint density at radius 1 is 0.391 bits per heavy atom. The lowest BCUT2D eigenvalue weighted by molar-refractivity contribution is -0.378. The number of carbonyl (C=O) groups is 7. The number of carboxylic acid groups (broad SMARTS) is 2. The number of amides is 2. The maximum atomic E-state index is 15.5. The molecule has 808 valence electrons. The lowest BCUT2D eigenvalue weighted by atomic mass is 9.90. The maximum absolute atomic E-state index is 15.5. The van der Waals surface area contributed by atoms with Gasteiger partial charge in [-0.3, -0.25) is 33.0 Å². The third-order valence-electron chi connectivity index (χ3n) is 26.1. The molecule has 4 aliphatic rings. The summed E-state index contributed by atoms with van der Waals surface area (Å²) < 4.78 is 98.4. The Morgan fingerprint density at radius 2 is 0.754 bits per heavy atom. The predicted molar refractivity (Wildman–Crippen MR) is 503 cm³/mol. The molecule has 138 heavy (non-hydrogen) atoms. The molecule has 4 rings (SSSR count). The fraction of sp³-hybridized carbons (Fsp3) is 0.927. The van der Waals surface area contributed by atoms with Crippen LogP contribution in [0.5, 0.6) is 0 Å². The van der Waals surface area contributed by atoms with Crippen molar-refractivity contribution in [1.82, 2.24) is 10.6 Å². The van der Waals surface area contributed by atoms with E-state index in [1.807, 2.05) is 0 Å². The van der Waals surface area contributed by atoms with Crippen LogP contribution in [-0.4, -0.2) is 300 Å². The summed E-state index contributed by atoms with van der Waals surface area (Å²) in [6.07, 6.45) is -8.18. The molecule has 4 aliphatic heterocycles. The molecule has 24 unspecified atom stereocenters. The third kappa shape index (κ3) is 49.8. The number of aliphatic hydroxyl groups is 11. The van der Waals surface area contributed by atoms with Crippen molar-refractivity contribution in [3.8, 4) is 0 Å². The minimum atomic E-state index is -6.15. The Bertz CT molecular complexity index is 3410. The first-order chi connectivity index (χ1) is 65.8. The van der Waals surface area contributed by atoms with Gasteiger partial charge in [-0.2, -0.15) is 0 Å². The number of carboxylic acids is 2. The minimum Gasteiger partial charge on any atom is -0.477 e. The number of phosphoric ester groups is 2. The maximum Gasteiger partial charge on any atom is 0.472 e. The average molecular weight is 2030 g/mol. The van der Waals surface area contributed by atoms with Crippen LogP contribution in [-0.2, 0) is 99.1 Å². The molecule has 0 aromatic rings. The molecular weight excluding hydrogens is 1850 g/mol. The summed E-state index contributed by atoms with van der Waals surface area (Å²) >= 11 is 0. The smallest absolute Gasteiger partial charge is 0.472 e. The van der Waals surface area contributed by atoms with Gasteiger partial charge >= 0.3 is 45.5 Å². The average Bonchev–Trinajstić information content (AvgIpc) is 0.751. The second-order valence-electron chi connectivity index (χ2n) is 38.3. The van der Waals surface area contributed by atoms with Gasteiger partial charge in [0.1, 0.15) is 79.2 Å². The zero-order chi connectivity index (χ0) is 102. The Balaban J connectivity index is 2.02. The van der Waals surface area contributed by atoms with Gasteiger partial charge in [-0.05, 0) is 38.5 Å². The topological polar surface area (TPSA) is 632 Å². The van der Waals surface area contributed by atoms with E-state index in [0.29, 0.717) is 64.2 Å². The summed E-state index contributed by atoms with van der Waals surface area (Å²) in [5.41, 5.74) is 0. The molecule has 42 heteroatoms. The highest BCUT2D eigenvalue weighted by Crippen LogP contribution is 2.47. The normalized spacial score (nSPS) is 26.7. The van der Waals surface area contributed by atoms with Gasteiger partial charge in [-0.15, -0.1) is 0 Å². The molecule has 0 saturated carbocycles. The third-order valence-corrected chi connectivity index (χ3v) is 27.1. The van der Waals surface area contributed by atoms with Crippen molar-refractivity contribution in [1.29, 1.82) is 0 Å². The van der Waals surface area contributed by atoms with Crippen LogP contribution in [0.2, 0.25) is 0 Å². The zero-order valence-corrected chi connectivity index (χ0v) is 84.5. The molecule has 40 nitrogen and oxygen atoms in total. The van der Waals surface area contributed by atoms with Gasteiger partial charge in [-0.1, -0.05) is 311 Å². The van der Waals surface area contributed by atoms with Crippen LogP contribution in [0.15, 0.2) is 0 Å². The molecule has 24 atom stereocenters. The van der Waals surface area contributed by atoms with E-state index < -0.39 is 268 Å². The van der Waals surface area contributed by atoms with Crippen LogP contribution < -0.4 is 10.6 Å². The molecule has 0 aliphatic carbocycles. The number of hydrogen-bond acceptors (Lipinski definition) is 32. The van der Waals surface area contributed by atoms with Crippen LogP contribution in [0.3, 0.4) is 0 Å². The second kappa shape index (κ2) is 70.6. The summed E-state index contributed by atoms with van der Waals surface area (Å²) in [6.45, 7) is 5.12. The van der Waals surface area contributed by atoms with Gasteiger partial charge in [0, 0.05) is 19.3 Å². The lowest BCUT2D eigenvalue weighted by Gasteiger charge is -2.50. The fourth-order valence-corrected chi connectivity index (χ4v) is 19.2. The zero-order valence-electron chi connectivity index (χ0n) is 82.7. The van der Waals surface area contributed by atoms with Crippen molar-refractivity contribution >= 4 is 57.3 Å². The van der Waals surface area contributed by atoms with Crippen molar-refractivity contribution in [2.75, 3.05) is 26.4 Å². The summed E-state index contributed by atoms with van der Waals surface area (Å²) in [5, 5.41) is 151. The Labute approximate surface area is 816 Å². The van der Waals surface area contributed by atoms with E-state index in [1.54, 1.807) is 0 Å². The monoisotopic (exact) mass is 2030 g/mol. The second-order valence-corrected chi connectivity index (χ2v) is 40.7. The SMILES string of the molecule is CCCCCCCCCCCC(=O)OC(CCCCCCCCCCC)CC(=O)NC1C(OCC2OC(OP(=O)(O)O)C(NC(=O)CC(O)CCCCCCCCCCC)C(OC(=O)CC(O)CCCCCCCCCCC)C2O)OC(COC2(C(=O)O)CC(OC3(C(=O)O)CC(O)C(O)C(C(O)CO)O3)C(O)C(C(O)CO)O2)C(OP(=O)(O)O)C1OC(=O)CC(O)CCCCCCCCCCC. The van der Waals surface area contributed by atoms with Gasteiger partial charge in [0.25, 0.3) is 11.6 Å². The Hall–Kier alpha value is -4.21. The van der Waals surface area contributed by atoms with Gasteiger partial charge < -0.3 is 144 Å². The summed E-state index contributed by atoms with van der Waals surface area (Å²) in [7, 11) is -12.0. The van der Waals surface area contributed by atoms with E-state index in [1.165, 1.54) is 0 Å². The molecule has 0 radical (unpaired) electrons. The standard InChI is InChI=1S/C96H176N2O38P2/c1-6-11-16-21-26-31-36-41-46-51-66(101)56-76(107)97-81-89(130-79(110)57-67(102)52-47-42-37-32-27-22-17-12-7-2)85(114)74(128-92(81)136-138(122,123)124)64-125-91-82(98-77(108)59-69(54-49-44-39-34-29-24-19-14-9-4)127-78(109)55-50-45-40-35-30-25-20-15-10-5)90(131-80(111)58-68(103)53-48-43-38-33-28-23-18-13-8-3)88(135-137(119,120)121)75(129-91)65-126-95(93(115)116)61-73(84(113)87(133-95)72(106)63-100)132-96(94(117)118)60-70(104)83(112)86(134-96)71(105)62-99/h66-75,81-92,99-106,112-114H,6-65H2,1-5H3,(H,97,107)(H,98,108)(H,115,116)(H,117,118)(H2,119,120,121)(H2,122,123,124). The largest absolute Gasteiger partial charge is 0.477 e. The van der Waals surface area contributed by atoms with Crippen molar-refractivity contribution in [2.24, 2.45) is 0 Å². The molecule has 0 bridgehead atoms. The van der Waals surface area contributed by atoms with E-state index in [0.717, 1.165) is 225 Å². The Morgan fingerprint density at radius 3 is 1.17 bits per heavy atom. The number of unbranched alkanes of at least 4 members (excludes halogenated alkanes) is 40. The number of aliphatic carboxylic acids is 2. The van der Waals surface area contributed by atoms with Gasteiger partial charge in [0.05, 0.1) is 82.6 Å². The van der Waals surface area contributed by atoms with Crippen molar-refractivity contribution in [2.45, 2.75) is 540 Å². The molecule has 0 spiro atoms. The highest BCUT2D eigenvalue weighted by atomic mass is 31.2. The van der Waals surface area contributed by atoms with Crippen LogP contribution in [0.1, 0.15) is 394 Å². The minimum absolute atomic E-state index is 0.0175. The number of esters is 3. The number of hydrogen-bond donors (Lipinski definition) is 19. The molecule has 0 aromatic heterocycles. The van der Waals surface area contributed by atoms with Crippen molar-refractivity contribution < 1.29 is 185 Å². The first-order valence-corrected chi connectivity index (χ1v) is 55.0. The highest BCUT2D eigenvalue weighted by Gasteiger charge is 2.63. The number of ether oxygens (including phenoxy) is 10. The molecule has 19 N–H and O–H groups in total. The molecule has 4 fully saturated rings. The molecular formula is C96H176N2O38P2. The molecule has 4 heterocycles. The number of aliphatic hydroxyl groups excluding tert-OH is 11. The van der Waals surface area contributed by atoms with Crippen molar-refractivity contribution in [3.05, 3.63) is 0 Å². The molecule has 4 saturated heterocycles. The van der Waals surface area contributed by atoms with E-state index in [9.17, 15) is 124 Å². The van der Waals surface area contributed by atoms with Gasteiger partial charge in [0.15, 0.2) is 24.8 Å². The van der Waals surface area contributed by atoms with E-state index in [4.69, 9.17) is 56.4 Å². The first kappa shape index (κ1) is 126. The van der Waals surface area contributed by atoms with Crippen LogP contribution >= 0.6 is 15.6 Å². The van der Waals surface area contributed by atoms with Crippen LogP contribution in [0, 0.1) is 0 Å². The summed E-state index contributed by atoms with van der Waals surface area (Å²) in [5.74, 6) is -16.7. The van der Waals surface area contributed by atoms with E-state index in [-0.39, 0.29) is 32.1 Å². The van der Waals surface area contributed by atoms with Crippen LogP contribution in [0.4, 0.5) is 0 Å². The number of rotatable bonds is 81. The number of phosphoric acid groups is 2. The summed E-state index contributed by atoms with van der Waals surface area (Å²) in [4.78, 5) is 144. The first-order valence-electron chi connectivity index (χ1n) is 51.9. The number of nitrogens with one attached hydrogen (secondary N) is 2. The number of carbonyl (C=O) groups excluding carboxylic acids is 5. The Kier molecular flexibility index (Phi) is 64.5. The van der Waals surface area contributed by atoms with Gasteiger partial charge in [-0.25, -0.2) is 18.7 Å². The summed E-state index contributed by atoms with van der Waals surface area (Å²) in [6, 6.07) is -4.40. The predicted octanol–water partition coefficient (Wildman–Crippen LogP) is 10.7. The lowest BCUT2D eigenvalue weighted by Crippen LogP contribution is -2.69. The highest BCUT2D eigenvalue weighted by molar-refractivity contribution is 7.46. The quantitative estimate of drug-likeness (QED) is 0.0116. The van der Waals surface area contributed by atoms with E-state index in [2.05, 4.69) is 45.3 Å². The van der Waals surface area contributed by atoms with Crippen LogP contribution in [0.25, 0.3) is 0 Å². The molecule has 0 aromatic carbocycles. The van der Waals surface area contributed by atoms with E-state index >= 15 is 4.79 Å². The van der Waals surface area contributed by atoms with Crippen molar-refractivity contribution in [3.63, 3.8) is 0 Å². The molecule has 2 amide bonds.